The number of aliphatic hydroxyl groups excluding tert-OH is 1. The molecule has 4 aliphatic rings. The molecule has 0 saturated heterocycles. The summed E-state index contributed by atoms with van der Waals surface area (Å²) in [7, 11) is 0. The zero-order valence-corrected chi connectivity index (χ0v) is 17.0. The Hall–Kier alpha value is -1.41. The predicted octanol–water partition coefficient (Wildman–Crippen LogP) is 5.64. The summed E-state index contributed by atoms with van der Waals surface area (Å²) in [5, 5.41) is 10.2. The first-order chi connectivity index (χ1) is 12.9. The van der Waals surface area contributed by atoms with E-state index in [1.165, 1.54) is 31.2 Å². The number of nitrogens with zero attached hydrogens (tertiary/aromatic N) is 1. The van der Waals surface area contributed by atoms with Crippen LogP contribution in [0.2, 0.25) is 0 Å². The van der Waals surface area contributed by atoms with Crippen molar-refractivity contribution in [3.8, 4) is 0 Å². The molecule has 4 aliphatic carbocycles. The highest BCUT2D eigenvalue weighted by Crippen LogP contribution is 2.67. The molecule has 7 atom stereocenters. The lowest BCUT2D eigenvalue weighted by atomic mass is 9.45. The topological polar surface area (TPSA) is 33.1 Å². The van der Waals surface area contributed by atoms with Gasteiger partial charge in [0.15, 0.2) is 0 Å². The van der Waals surface area contributed by atoms with E-state index < -0.39 is 0 Å². The predicted molar refractivity (Wildman–Crippen MR) is 110 cm³/mol. The van der Waals surface area contributed by atoms with E-state index in [1.54, 1.807) is 11.1 Å². The van der Waals surface area contributed by atoms with Crippen molar-refractivity contribution in [2.45, 2.75) is 65.4 Å². The molecule has 27 heavy (non-hydrogen) atoms. The minimum atomic E-state index is -0.118. The molecule has 1 aromatic rings. The SMILES string of the molecule is C[C@H]1C=C2C[C@H](O)CC[C@]2(C)[C@H]2CC[C@]3(C)C(c4cccnc4)=CC[C@H]3[C@H]12. The summed E-state index contributed by atoms with van der Waals surface area (Å²) in [5.41, 5.74) is 5.04. The fourth-order valence-electron chi connectivity index (χ4n) is 7.54. The Labute approximate surface area is 163 Å². The molecule has 5 rings (SSSR count). The van der Waals surface area contributed by atoms with Crippen LogP contribution in [0.4, 0.5) is 0 Å². The highest BCUT2D eigenvalue weighted by atomic mass is 16.3. The van der Waals surface area contributed by atoms with Crippen LogP contribution in [0.25, 0.3) is 5.57 Å². The molecule has 144 valence electrons. The van der Waals surface area contributed by atoms with Gasteiger partial charge in [0.05, 0.1) is 6.10 Å². The summed E-state index contributed by atoms with van der Waals surface area (Å²) in [6.07, 6.45) is 15.8. The van der Waals surface area contributed by atoms with E-state index in [2.05, 4.69) is 56.2 Å². The molecule has 1 N–H and O–H groups in total. The molecule has 2 fully saturated rings. The van der Waals surface area contributed by atoms with E-state index in [-0.39, 0.29) is 11.5 Å². The van der Waals surface area contributed by atoms with Gasteiger partial charge in [-0.25, -0.2) is 0 Å². The normalized spacial score (nSPS) is 46.0. The molecule has 0 amide bonds. The van der Waals surface area contributed by atoms with Crippen LogP contribution in [-0.4, -0.2) is 16.2 Å². The first kappa shape index (κ1) is 17.7. The summed E-state index contributed by atoms with van der Waals surface area (Å²) in [6.45, 7) is 7.49. The number of fused-ring (bicyclic) bond motifs is 5. The standard InChI is InChI=1S/C25H33NO/c1-16-13-18-14-19(27)8-10-24(18,2)22-9-11-25(3)20(6-7-21(25)23(16)22)17-5-4-12-26-15-17/h4-6,12-13,15-16,19,21-23,27H,7-11,14H2,1-3H3/t16-,19+,21-,22-,23-,24-,25+/m0/s1. The summed E-state index contributed by atoms with van der Waals surface area (Å²) in [4.78, 5) is 4.39. The third-order valence-electron chi connectivity index (χ3n) is 8.96. The maximum Gasteiger partial charge on any atom is 0.0577 e. The summed E-state index contributed by atoms with van der Waals surface area (Å²) in [5.74, 6) is 2.90. The minimum Gasteiger partial charge on any atom is -0.393 e. The van der Waals surface area contributed by atoms with Gasteiger partial charge >= 0.3 is 0 Å². The second kappa shape index (κ2) is 6.04. The molecule has 0 radical (unpaired) electrons. The number of allylic oxidation sites excluding steroid dienone is 3. The van der Waals surface area contributed by atoms with Crippen molar-refractivity contribution >= 4 is 5.57 Å². The van der Waals surface area contributed by atoms with Gasteiger partial charge in [0.2, 0.25) is 0 Å². The van der Waals surface area contributed by atoms with Crippen molar-refractivity contribution in [1.29, 1.82) is 0 Å². The van der Waals surface area contributed by atoms with Gasteiger partial charge in [-0.05, 0) is 90.2 Å². The molecule has 2 saturated carbocycles. The van der Waals surface area contributed by atoms with Crippen molar-refractivity contribution in [2.24, 2.45) is 34.5 Å². The minimum absolute atomic E-state index is 0.118. The van der Waals surface area contributed by atoms with Gasteiger partial charge in [-0.15, -0.1) is 0 Å². The molecule has 1 aromatic heterocycles. The van der Waals surface area contributed by atoms with E-state index >= 15 is 0 Å². The number of aromatic nitrogens is 1. The van der Waals surface area contributed by atoms with Gasteiger partial charge in [0.1, 0.15) is 0 Å². The quantitative estimate of drug-likeness (QED) is 0.655. The maximum atomic E-state index is 10.2. The summed E-state index contributed by atoms with van der Waals surface area (Å²) < 4.78 is 0. The van der Waals surface area contributed by atoms with Crippen molar-refractivity contribution < 1.29 is 5.11 Å². The lowest BCUT2D eigenvalue weighted by Crippen LogP contribution is -2.52. The molecule has 1 heterocycles. The third-order valence-corrected chi connectivity index (χ3v) is 8.96. The van der Waals surface area contributed by atoms with Crippen LogP contribution in [0.15, 0.2) is 42.3 Å². The third kappa shape index (κ3) is 2.45. The van der Waals surface area contributed by atoms with Gasteiger partial charge in [0.25, 0.3) is 0 Å². The van der Waals surface area contributed by atoms with Gasteiger partial charge < -0.3 is 5.11 Å². The second-order valence-electron chi connectivity index (χ2n) is 10.2. The maximum absolute atomic E-state index is 10.2. The van der Waals surface area contributed by atoms with Crippen molar-refractivity contribution in [3.63, 3.8) is 0 Å². The lowest BCUT2D eigenvalue weighted by Gasteiger charge is -2.59. The van der Waals surface area contributed by atoms with E-state index in [4.69, 9.17) is 0 Å². The summed E-state index contributed by atoms with van der Waals surface area (Å²) in [6, 6.07) is 4.32. The molecule has 0 aliphatic heterocycles. The van der Waals surface area contributed by atoms with E-state index in [0.29, 0.717) is 11.3 Å². The van der Waals surface area contributed by atoms with E-state index in [9.17, 15) is 5.11 Å². The fraction of sp³-hybridized carbons (Fsp3) is 0.640. The van der Waals surface area contributed by atoms with Crippen LogP contribution < -0.4 is 0 Å². The van der Waals surface area contributed by atoms with Crippen molar-refractivity contribution in [2.75, 3.05) is 0 Å². The van der Waals surface area contributed by atoms with Crippen LogP contribution in [0.3, 0.4) is 0 Å². The number of hydrogen-bond acceptors (Lipinski definition) is 2. The molecule has 0 spiro atoms. The van der Waals surface area contributed by atoms with Gasteiger partial charge in [-0.3, -0.25) is 4.98 Å². The number of hydrogen-bond donors (Lipinski definition) is 1. The Morgan fingerprint density at radius 2 is 1.93 bits per heavy atom. The van der Waals surface area contributed by atoms with E-state index in [1.807, 2.05) is 6.20 Å². The first-order valence-corrected chi connectivity index (χ1v) is 10.9. The molecular formula is C25H33NO. The Morgan fingerprint density at radius 1 is 1.11 bits per heavy atom. The van der Waals surface area contributed by atoms with Gasteiger partial charge in [-0.1, -0.05) is 44.6 Å². The van der Waals surface area contributed by atoms with Crippen LogP contribution in [0.5, 0.6) is 0 Å². The first-order valence-electron chi connectivity index (χ1n) is 10.9. The molecule has 0 aromatic carbocycles. The largest absolute Gasteiger partial charge is 0.393 e. The average Bonchev–Trinajstić information content (AvgIpc) is 3.01. The highest BCUT2D eigenvalue weighted by Gasteiger charge is 2.58. The zero-order chi connectivity index (χ0) is 18.8. The average molecular weight is 364 g/mol. The Kier molecular flexibility index (Phi) is 3.95. The Morgan fingerprint density at radius 3 is 2.70 bits per heavy atom. The Bertz CT molecular complexity index is 796. The highest BCUT2D eigenvalue weighted by molar-refractivity contribution is 5.72. The zero-order valence-electron chi connectivity index (χ0n) is 17.0. The van der Waals surface area contributed by atoms with Gasteiger partial charge in [0, 0.05) is 12.4 Å². The smallest absolute Gasteiger partial charge is 0.0577 e. The molecule has 2 nitrogen and oxygen atoms in total. The lowest BCUT2D eigenvalue weighted by molar-refractivity contribution is -0.0425. The van der Waals surface area contributed by atoms with Crippen molar-refractivity contribution in [1.82, 2.24) is 4.98 Å². The summed E-state index contributed by atoms with van der Waals surface area (Å²) >= 11 is 0. The number of pyridine rings is 1. The fourth-order valence-corrected chi connectivity index (χ4v) is 7.54. The van der Waals surface area contributed by atoms with Gasteiger partial charge in [-0.2, -0.15) is 0 Å². The van der Waals surface area contributed by atoms with Crippen LogP contribution >= 0.6 is 0 Å². The van der Waals surface area contributed by atoms with Crippen LogP contribution in [-0.2, 0) is 0 Å². The van der Waals surface area contributed by atoms with Crippen LogP contribution in [0, 0.1) is 34.5 Å². The monoisotopic (exact) mass is 363 g/mol. The molecular weight excluding hydrogens is 330 g/mol. The molecule has 0 unspecified atom stereocenters. The Balaban J connectivity index is 1.52. The van der Waals surface area contributed by atoms with E-state index in [0.717, 1.165) is 30.6 Å². The number of rotatable bonds is 1. The number of aliphatic hydroxyl groups is 1. The molecule has 2 heteroatoms. The van der Waals surface area contributed by atoms with Crippen molar-refractivity contribution in [3.05, 3.63) is 47.8 Å². The molecule has 0 bridgehead atoms. The second-order valence-corrected chi connectivity index (χ2v) is 10.2. The van der Waals surface area contributed by atoms with Crippen LogP contribution in [0.1, 0.15) is 64.9 Å².